The van der Waals surface area contributed by atoms with Gasteiger partial charge in [0.1, 0.15) is 0 Å². The molecule has 0 amide bonds. The average Bonchev–Trinajstić information content (AvgIpc) is 3.07. The number of anilines is 1. The third kappa shape index (κ3) is 3.06. The average molecular weight is 348 g/mol. The van der Waals surface area contributed by atoms with E-state index in [2.05, 4.69) is 23.0 Å². The van der Waals surface area contributed by atoms with Crippen molar-refractivity contribution in [3.8, 4) is 0 Å². The van der Waals surface area contributed by atoms with Crippen molar-refractivity contribution < 1.29 is 8.42 Å². The zero-order valence-electron chi connectivity index (χ0n) is 14.7. The maximum atomic E-state index is 12.4. The van der Waals surface area contributed by atoms with Crippen LogP contribution in [-0.4, -0.2) is 49.7 Å². The van der Waals surface area contributed by atoms with Crippen LogP contribution in [0.4, 0.5) is 5.69 Å². The molecule has 0 saturated heterocycles. The van der Waals surface area contributed by atoms with Gasteiger partial charge in [0.05, 0.1) is 17.1 Å². The largest absolute Gasteiger partial charge is 0.369 e. The van der Waals surface area contributed by atoms with E-state index in [0.717, 1.165) is 43.1 Å². The normalized spacial score (nSPS) is 14.5. The molecule has 0 fully saturated rings. The third-order valence-electron chi connectivity index (χ3n) is 4.51. The second kappa shape index (κ2) is 6.22. The standard InChI is InChI=1S/C17H24N4O2S/c1-13-11-14(2)21(18-13)10-9-20-8-7-15-5-6-16(12-17(15)20)24(22,23)19(3)4/h5-6,11-12H,7-10H2,1-4H3. The predicted octanol–water partition coefficient (Wildman–Crippen LogP) is 1.81. The van der Waals surface area contributed by atoms with Gasteiger partial charge in [-0.2, -0.15) is 5.10 Å². The molecule has 1 aliphatic rings. The van der Waals surface area contributed by atoms with Crippen molar-refractivity contribution in [1.29, 1.82) is 0 Å². The fourth-order valence-corrected chi connectivity index (χ4v) is 4.07. The van der Waals surface area contributed by atoms with Gasteiger partial charge in [0, 0.05) is 38.6 Å². The Labute approximate surface area is 143 Å². The van der Waals surface area contributed by atoms with E-state index < -0.39 is 10.0 Å². The maximum absolute atomic E-state index is 12.4. The number of benzene rings is 1. The van der Waals surface area contributed by atoms with Crippen LogP contribution in [0.15, 0.2) is 29.2 Å². The van der Waals surface area contributed by atoms with E-state index in [1.165, 1.54) is 9.87 Å². The summed E-state index contributed by atoms with van der Waals surface area (Å²) in [7, 11) is -0.286. The van der Waals surface area contributed by atoms with Crippen LogP contribution in [0.25, 0.3) is 0 Å². The van der Waals surface area contributed by atoms with E-state index in [1.807, 2.05) is 17.7 Å². The van der Waals surface area contributed by atoms with Gasteiger partial charge in [-0.05, 0) is 44.0 Å². The van der Waals surface area contributed by atoms with Crippen molar-refractivity contribution in [3.63, 3.8) is 0 Å². The lowest BCUT2D eigenvalue weighted by Crippen LogP contribution is -2.26. The van der Waals surface area contributed by atoms with Crippen LogP contribution in [0.1, 0.15) is 17.0 Å². The number of nitrogens with zero attached hydrogens (tertiary/aromatic N) is 4. The molecule has 0 radical (unpaired) electrons. The number of hydrogen-bond donors (Lipinski definition) is 0. The van der Waals surface area contributed by atoms with Crippen LogP contribution < -0.4 is 4.90 Å². The Morgan fingerprint density at radius 1 is 1.17 bits per heavy atom. The Morgan fingerprint density at radius 2 is 1.92 bits per heavy atom. The Balaban J connectivity index is 1.82. The first kappa shape index (κ1) is 17.0. The summed E-state index contributed by atoms with van der Waals surface area (Å²) in [4.78, 5) is 2.60. The molecule has 0 unspecified atom stereocenters. The topological polar surface area (TPSA) is 58.4 Å². The van der Waals surface area contributed by atoms with Gasteiger partial charge in [-0.25, -0.2) is 12.7 Å². The van der Waals surface area contributed by atoms with E-state index in [4.69, 9.17) is 0 Å². The molecule has 7 heteroatoms. The Hall–Kier alpha value is -1.86. The van der Waals surface area contributed by atoms with Crippen LogP contribution in [0.2, 0.25) is 0 Å². The molecular formula is C17H24N4O2S. The monoisotopic (exact) mass is 348 g/mol. The molecule has 6 nitrogen and oxygen atoms in total. The molecule has 0 spiro atoms. The molecule has 0 bridgehead atoms. The van der Waals surface area contributed by atoms with Crippen LogP contribution >= 0.6 is 0 Å². The SMILES string of the molecule is Cc1cc(C)n(CCN2CCc3ccc(S(=O)(=O)N(C)C)cc32)n1. The maximum Gasteiger partial charge on any atom is 0.242 e. The number of hydrogen-bond acceptors (Lipinski definition) is 4. The zero-order chi connectivity index (χ0) is 17.5. The van der Waals surface area contributed by atoms with Gasteiger partial charge < -0.3 is 4.90 Å². The Morgan fingerprint density at radius 3 is 2.54 bits per heavy atom. The summed E-state index contributed by atoms with van der Waals surface area (Å²) in [5.74, 6) is 0. The molecule has 24 heavy (non-hydrogen) atoms. The minimum absolute atomic E-state index is 0.351. The molecule has 2 heterocycles. The molecule has 2 aromatic rings. The van der Waals surface area contributed by atoms with Crippen LogP contribution in [-0.2, 0) is 23.0 Å². The van der Waals surface area contributed by atoms with Crippen molar-refractivity contribution in [1.82, 2.24) is 14.1 Å². The van der Waals surface area contributed by atoms with Gasteiger partial charge >= 0.3 is 0 Å². The fraction of sp³-hybridized carbons (Fsp3) is 0.471. The lowest BCUT2D eigenvalue weighted by molar-refractivity contribution is 0.520. The lowest BCUT2D eigenvalue weighted by atomic mass is 10.2. The number of rotatable bonds is 5. The van der Waals surface area contributed by atoms with Gasteiger partial charge in [-0.15, -0.1) is 0 Å². The molecule has 1 aliphatic heterocycles. The second-order valence-electron chi connectivity index (χ2n) is 6.47. The van der Waals surface area contributed by atoms with E-state index >= 15 is 0 Å². The Bertz CT molecular complexity index is 855. The highest BCUT2D eigenvalue weighted by Gasteiger charge is 2.24. The number of aromatic nitrogens is 2. The van der Waals surface area contributed by atoms with Crippen LogP contribution in [0.3, 0.4) is 0 Å². The van der Waals surface area contributed by atoms with Gasteiger partial charge in [0.15, 0.2) is 0 Å². The minimum Gasteiger partial charge on any atom is -0.369 e. The highest BCUT2D eigenvalue weighted by atomic mass is 32.2. The Kier molecular flexibility index (Phi) is 4.40. The zero-order valence-corrected chi connectivity index (χ0v) is 15.5. The molecule has 0 aliphatic carbocycles. The molecular weight excluding hydrogens is 324 g/mol. The summed E-state index contributed by atoms with van der Waals surface area (Å²) in [6.45, 7) is 6.58. The molecule has 0 N–H and O–H groups in total. The number of fused-ring (bicyclic) bond motifs is 1. The molecule has 3 rings (SSSR count). The highest BCUT2D eigenvalue weighted by Crippen LogP contribution is 2.31. The van der Waals surface area contributed by atoms with Gasteiger partial charge in [0.2, 0.25) is 10.0 Å². The number of sulfonamides is 1. The first-order chi connectivity index (χ1) is 11.3. The van der Waals surface area contributed by atoms with Crippen molar-refractivity contribution in [2.45, 2.75) is 31.7 Å². The highest BCUT2D eigenvalue weighted by molar-refractivity contribution is 7.89. The van der Waals surface area contributed by atoms with Crippen molar-refractivity contribution in [2.24, 2.45) is 0 Å². The summed E-state index contributed by atoms with van der Waals surface area (Å²) >= 11 is 0. The molecule has 130 valence electrons. The predicted molar refractivity (Wildman–Crippen MR) is 94.9 cm³/mol. The molecule has 1 aromatic carbocycles. The summed E-state index contributed by atoms with van der Waals surface area (Å²) in [5, 5.41) is 4.49. The fourth-order valence-electron chi connectivity index (χ4n) is 3.15. The summed E-state index contributed by atoms with van der Waals surface area (Å²) < 4.78 is 28.0. The number of aryl methyl sites for hydroxylation is 2. The minimum atomic E-state index is -3.40. The van der Waals surface area contributed by atoms with E-state index in [-0.39, 0.29) is 0 Å². The molecule has 1 aromatic heterocycles. The van der Waals surface area contributed by atoms with E-state index in [1.54, 1.807) is 26.2 Å². The van der Waals surface area contributed by atoms with Crippen molar-refractivity contribution >= 4 is 15.7 Å². The lowest BCUT2D eigenvalue weighted by Gasteiger charge is -2.21. The van der Waals surface area contributed by atoms with E-state index in [0.29, 0.717) is 4.90 Å². The second-order valence-corrected chi connectivity index (χ2v) is 8.62. The quantitative estimate of drug-likeness (QED) is 0.827. The van der Waals surface area contributed by atoms with Crippen molar-refractivity contribution in [2.75, 3.05) is 32.1 Å². The molecule has 0 atom stereocenters. The molecule has 0 saturated carbocycles. The first-order valence-electron chi connectivity index (χ1n) is 8.10. The summed E-state index contributed by atoms with van der Waals surface area (Å²) in [6, 6.07) is 7.52. The van der Waals surface area contributed by atoms with Gasteiger partial charge in [-0.1, -0.05) is 6.07 Å². The third-order valence-corrected chi connectivity index (χ3v) is 6.32. The van der Waals surface area contributed by atoms with Crippen LogP contribution in [0, 0.1) is 13.8 Å². The smallest absolute Gasteiger partial charge is 0.242 e. The summed E-state index contributed by atoms with van der Waals surface area (Å²) in [6.07, 6.45) is 0.953. The van der Waals surface area contributed by atoms with E-state index in [9.17, 15) is 8.42 Å². The van der Waals surface area contributed by atoms with Gasteiger partial charge in [-0.3, -0.25) is 4.68 Å². The summed E-state index contributed by atoms with van der Waals surface area (Å²) in [5.41, 5.74) is 4.41. The van der Waals surface area contributed by atoms with Gasteiger partial charge in [0.25, 0.3) is 0 Å². The first-order valence-corrected chi connectivity index (χ1v) is 9.54. The van der Waals surface area contributed by atoms with Crippen molar-refractivity contribution in [3.05, 3.63) is 41.2 Å². The van der Waals surface area contributed by atoms with Crippen LogP contribution in [0.5, 0.6) is 0 Å².